The third kappa shape index (κ3) is 2.59. The lowest BCUT2D eigenvalue weighted by Gasteiger charge is -2.08. The van der Waals surface area contributed by atoms with Crippen LogP contribution in [0.2, 0.25) is 0 Å². The number of aromatic nitrogens is 2. The van der Waals surface area contributed by atoms with Crippen molar-refractivity contribution < 1.29 is 4.79 Å². The van der Waals surface area contributed by atoms with Crippen LogP contribution in [-0.2, 0) is 24.2 Å². The molecule has 1 aliphatic rings. The molecule has 0 fully saturated rings. The predicted octanol–water partition coefficient (Wildman–Crippen LogP) is 2.36. The maximum Gasteiger partial charge on any atom is 0.257 e. The summed E-state index contributed by atoms with van der Waals surface area (Å²) in [5, 5.41) is 3.77. The van der Waals surface area contributed by atoms with Crippen molar-refractivity contribution in [2.75, 3.05) is 5.32 Å². The van der Waals surface area contributed by atoms with E-state index in [4.69, 9.17) is 0 Å². The largest absolute Gasteiger partial charge is 0.316 e. The van der Waals surface area contributed by atoms with Gasteiger partial charge in [-0.1, -0.05) is 0 Å². The summed E-state index contributed by atoms with van der Waals surface area (Å²) in [5.41, 5.74) is 3.89. The Morgan fingerprint density at radius 2 is 2.09 bits per heavy atom. The van der Waals surface area contributed by atoms with Gasteiger partial charge in [-0.15, -0.1) is 11.3 Å². The standard InChI is InChI=1S/C16H19N3O2S/c1-9-10(2)15(22-11(9)3)18-14(20)7-19-8-17-13-6-4-5-12(13)16(19)21/h8H,4-7H2,1-3H3,(H,18,20). The van der Waals surface area contributed by atoms with Gasteiger partial charge in [0.15, 0.2) is 0 Å². The van der Waals surface area contributed by atoms with E-state index in [0.717, 1.165) is 41.1 Å². The van der Waals surface area contributed by atoms with Crippen LogP contribution < -0.4 is 10.9 Å². The number of carbonyl (C=O) groups excluding carboxylic acids is 1. The highest BCUT2D eigenvalue weighted by Gasteiger charge is 2.18. The summed E-state index contributed by atoms with van der Waals surface area (Å²) in [6, 6.07) is 0. The molecule has 2 heterocycles. The molecule has 2 aromatic heterocycles. The van der Waals surface area contributed by atoms with Crippen LogP contribution in [0.3, 0.4) is 0 Å². The molecule has 22 heavy (non-hydrogen) atoms. The minimum absolute atomic E-state index is 0.00848. The number of hydrogen-bond donors (Lipinski definition) is 1. The Balaban J connectivity index is 1.78. The van der Waals surface area contributed by atoms with E-state index in [1.807, 2.05) is 20.8 Å². The molecule has 0 unspecified atom stereocenters. The Morgan fingerprint density at radius 1 is 1.32 bits per heavy atom. The minimum Gasteiger partial charge on any atom is -0.316 e. The second-order valence-electron chi connectivity index (χ2n) is 5.74. The second-order valence-corrected chi connectivity index (χ2v) is 6.97. The van der Waals surface area contributed by atoms with E-state index in [-0.39, 0.29) is 18.0 Å². The highest BCUT2D eigenvalue weighted by Crippen LogP contribution is 2.31. The van der Waals surface area contributed by atoms with Crippen molar-refractivity contribution in [2.24, 2.45) is 0 Å². The molecule has 3 rings (SSSR count). The van der Waals surface area contributed by atoms with Crippen LogP contribution in [0, 0.1) is 20.8 Å². The van der Waals surface area contributed by atoms with E-state index in [1.54, 1.807) is 11.3 Å². The van der Waals surface area contributed by atoms with Gasteiger partial charge in [-0.05, 0) is 51.2 Å². The second kappa shape index (κ2) is 5.68. The Bertz CT molecular complexity index is 804. The van der Waals surface area contributed by atoms with Crippen molar-refractivity contribution in [3.8, 4) is 0 Å². The molecule has 2 aromatic rings. The topological polar surface area (TPSA) is 64.0 Å². The molecular weight excluding hydrogens is 298 g/mol. The molecule has 1 N–H and O–H groups in total. The molecule has 0 aromatic carbocycles. The number of aryl methyl sites for hydroxylation is 2. The molecule has 116 valence electrons. The number of thiophene rings is 1. The lowest BCUT2D eigenvalue weighted by Crippen LogP contribution is -2.30. The molecule has 5 nitrogen and oxygen atoms in total. The van der Waals surface area contributed by atoms with E-state index in [0.29, 0.717) is 0 Å². The monoisotopic (exact) mass is 317 g/mol. The molecule has 6 heteroatoms. The SMILES string of the molecule is Cc1sc(NC(=O)Cn2cnc3c(c2=O)CCC3)c(C)c1C. The van der Waals surface area contributed by atoms with Gasteiger partial charge in [0.1, 0.15) is 6.54 Å². The molecule has 1 aliphatic carbocycles. The van der Waals surface area contributed by atoms with Gasteiger partial charge in [-0.25, -0.2) is 4.98 Å². The number of carbonyl (C=O) groups is 1. The molecule has 0 bridgehead atoms. The van der Waals surface area contributed by atoms with Crippen LogP contribution in [-0.4, -0.2) is 15.5 Å². The summed E-state index contributed by atoms with van der Waals surface area (Å²) in [4.78, 5) is 30.0. The van der Waals surface area contributed by atoms with Crippen molar-refractivity contribution in [1.82, 2.24) is 9.55 Å². The fourth-order valence-electron chi connectivity index (χ4n) is 2.76. The average molecular weight is 317 g/mol. The molecule has 0 spiro atoms. The number of anilines is 1. The molecular formula is C16H19N3O2S. The molecule has 0 radical (unpaired) electrons. The van der Waals surface area contributed by atoms with E-state index in [9.17, 15) is 9.59 Å². The van der Waals surface area contributed by atoms with Gasteiger partial charge in [0, 0.05) is 10.4 Å². The number of amides is 1. The van der Waals surface area contributed by atoms with Crippen LogP contribution in [0.5, 0.6) is 0 Å². The summed E-state index contributed by atoms with van der Waals surface area (Å²) >= 11 is 1.57. The maximum absolute atomic E-state index is 12.3. The molecule has 0 aliphatic heterocycles. The Morgan fingerprint density at radius 3 is 2.77 bits per heavy atom. The summed E-state index contributed by atoms with van der Waals surface area (Å²) in [5.74, 6) is -0.189. The third-order valence-electron chi connectivity index (χ3n) is 4.31. The first-order chi connectivity index (χ1) is 10.5. The fraction of sp³-hybridized carbons (Fsp3) is 0.438. The van der Waals surface area contributed by atoms with Gasteiger partial charge in [0.05, 0.1) is 17.0 Å². The van der Waals surface area contributed by atoms with Crippen LogP contribution in [0.15, 0.2) is 11.1 Å². The smallest absolute Gasteiger partial charge is 0.257 e. The number of hydrogen-bond acceptors (Lipinski definition) is 4. The fourth-order valence-corrected chi connectivity index (χ4v) is 3.84. The number of rotatable bonds is 3. The normalized spacial score (nSPS) is 13.2. The molecule has 0 saturated carbocycles. The van der Waals surface area contributed by atoms with Crippen molar-refractivity contribution in [2.45, 2.75) is 46.6 Å². The molecule has 0 atom stereocenters. The Kier molecular flexibility index (Phi) is 3.87. The van der Waals surface area contributed by atoms with E-state index < -0.39 is 0 Å². The summed E-state index contributed by atoms with van der Waals surface area (Å²) in [6.07, 6.45) is 4.10. The summed E-state index contributed by atoms with van der Waals surface area (Å²) in [6.45, 7) is 6.09. The first-order valence-electron chi connectivity index (χ1n) is 7.41. The molecule has 0 saturated heterocycles. The maximum atomic E-state index is 12.3. The Labute approximate surface area is 133 Å². The zero-order valence-electron chi connectivity index (χ0n) is 13.0. The van der Waals surface area contributed by atoms with Gasteiger partial charge >= 0.3 is 0 Å². The zero-order valence-corrected chi connectivity index (χ0v) is 13.8. The first kappa shape index (κ1) is 15.0. The number of nitrogens with zero attached hydrogens (tertiary/aromatic N) is 2. The van der Waals surface area contributed by atoms with E-state index in [1.165, 1.54) is 21.3 Å². The quantitative estimate of drug-likeness (QED) is 0.945. The first-order valence-corrected chi connectivity index (χ1v) is 8.22. The highest BCUT2D eigenvalue weighted by atomic mass is 32.1. The summed E-state index contributed by atoms with van der Waals surface area (Å²) in [7, 11) is 0. The van der Waals surface area contributed by atoms with Crippen molar-refractivity contribution in [3.05, 3.63) is 43.9 Å². The minimum atomic E-state index is -0.189. The average Bonchev–Trinajstić information content (AvgIpc) is 3.04. The van der Waals surface area contributed by atoms with Gasteiger partial charge in [0.25, 0.3) is 5.56 Å². The van der Waals surface area contributed by atoms with Gasteiger partial charge in [-0.3, -0.25) is 14.2 Å². The summed E-state index contributed by atoms with van der Waals surface area (Å²) < 4.78 is 1.40. The van der Waals surface area contributed by atoms with Crippen LogP contribution >= 0.6 is 11.3 Å². The molecule has 1 amide bonds. The van der Waals surface area contributed by atoms with Crippen molar-refractivity contribution in [3.63, 3.8) is 0 Å². The van der Waals surface area contributed by atoms with Crippen molar-refractivity contribution >= 4 is 22.2 Å². The van der Waals surface area contributed by atoms with Crippen molar-refractivity contribution in [1.29, 1.82) is 0 Å². The number of nitrogens with one attached hydrogen (secondary N) is 1. The van der Waals surface area contributed by atoms with Gasteiger partial charge in [-0.2, -0.15) is 0 Å². The van der Waals surface area contributed by atoms with E-state index in [2.05, 4.69) is 10.3 Å². The van der Waals surface area contributed by atoms with Crippen LogP contribution in [0.25, 0.3) is 0 Å². The van der Waals surface area contributed by atoms with Crippen LogP contribution in [0.4, 0.5) is 5.00 Å². The predicted molar refractivity (Wildman–Crippen MR) is 87.7 cm³/mol. The van der Waals surface area contributed by atoms with Gasteiger partial charge in [0.2, 0.25) is 5.91 Å². The lowest BCUT2D eigenvalue weighted by molar-refractivity contribution is -0.116. The Hall–Kier alpha value is -1.95. The van der Waals surface area contributed by atoms with Gasteiger partial charge < -0.3 is 5.32 Å². The lowest BCUT2D eigenvalue weighted by atomic mass is 10.2. The number of fused-ring (bicyclic) bond motifs is 1. The highest BCUT2D eigenvalue weighted by molar-refractivity contribution is 7.16. The third-order valence-corrected chi connectivity index (χ3v) is 5.54. The van der Waals surface area contributed by atoms with Crippen LogP contribution in [0.1, 0.15) is 33.7 Å². The van der Waals surface area contributed by atoms with E-state index >= 15 is 0 Å². The zero-order chi connectivity index (χ0) is 15.9.